The van der Waals surface area contributed by atoms with E-state index < -0.39 is 0 Å². The number of halogens is 2. The molecule has 0 bridgehead atoms. The lowest BCUT2D eigenvalue weighted by Gasteiger charge is -2.05. The van der Waals surface area contributed by atoms with E-state index in [0.29, 0.717) is 15.7 Å². The first-order chi connectivity index (χ1) is 8.10. The third-order valence-electron chi connectivity index (χ3n) is 1.77. The molecule has 0 unspecified atom stereocenters. The summed E-state index contributed by atoms with van der Waals surface area (Å²) >= 11 is 16.6. The van der Waals surface area contributed by atoms with Crippen LogP contribution in [0.4, 0.5) is 5.69 Å². The van der Waals surface area contributed by atoms with Crippen LogP contribution in [0.25, 0.3) is 0 Å². The highest BCUT2D eigenvalue weighted by molar-refractivity contribution is 8.03. The van der Waals surface area contributed by atoms with Gasteiger partial charge >= 0.3 is 0 Å². The molecule has 0 amide bonds. The molecule has 0 spiro atoms. The Labute approximate surface area is 121 Å². The molecule has 0 aliphatic rings. The molecular formula is C9H7Cl2N3S3. The molecule has 17 heavy (non-hydrogen) atoms. The monoisotopic (exact) mass is 323 g/mol. The van der Waals surface area contributed by atoms with E-state index >= 15 is 0 Å². The molecule has 8 heteroatoms. The van der Waals surface area contributed by atoms with E-state index in [-0.39, 0.29) is 0 Å². The normalized spacial score (nSPS) is 10.8. The quantitative estimate of drug-likeness (QED) is 0.674. The second kappa shape index (κ2) is 5.67. The minimum absolute atomic E-state index is 0.529. The van der Waals surface area contributed by atoms with Gasteiger partial charge < -0.3 is 5.73 Å². The number of anilines is 1. The second-order valence-corrected chi connectivity index (χ2v) is 7.06. The fourth-order valence-corrected chi connectivity index (χ4v) is 4.21. The van der Waals surface area contributed by atoms with Crippen molar-refractivity contribution in [3.8, 4) is 0 Å². The van der Waals surface area contributed by atoms with Gasteiger partial charge in [0.2, 0.25) is 0 Å². The van der Waals surface area contributed by atoms with E-state index in [9.17, 15) is 0 Å². The van der Waals surface area contributed by atoms with Crippen molar-refractivity contribution in [3.05, 3.63) is 22.2 Å². The molecule has 2 aromatic rings. The number of nitrogens with two attached hydrogens (primary N) is 1. The van der Waals surface area contributed by atoms with Gasteiger partial charge in [-0.25, -0.2) is 0 Å². The van der Waals surface area contributed by atoms with Gasteiger partial charge in [0.05, 0.1) is 14.9 Å². The molecule has 1 heterocycles. The highest BCUT2D eigenvalue weighted by atomic mass is 35.5. The zero-order valence-electron chi connectivity index (χ0n) is 8.61. The topological polar surface area (TPSA) is 51.8 Å². The lowest BCUT2D eigenvalue weighted by molar-refractivity contribution is 0.956. The third kappa shape index (κ3) is 3.20. The summed E-state index contributed by atoms with van der Waals surface area (Å²) in [4.78, 5) is 0.756. The van der Waals surface area contributed by atoms with E-state index in [2.05, 4.69) is 10.2 Å². The zero-order valence-corrected chi connectivity index (χ0v) is 12.6. The number of benzene rings is 1. The number of aromatic nitrogens is 2. The fraction of sp³-hybridized carbons (Fsp3) is 0.111. The van der Waals surface area contributed by atoms with E-state index in [1.165, 1.54) is 23.1 Å². The van der Waals surface area contributed by atoms with Crippen LogP contribution in [0, 0.1) is 0 Å². The summed E-state index contributed by atoms with van der Waals surface area (Å²) in [5.41, 5.74) is 6.19. The molecule has 0 fully saturated rings. The molecule has 2 N–H and O–H groups in total. The predicted molar refractivity (Wildman–Crippen MR) is 76.7 cm³/mol. The first-order valence-electron chi connectivity index (χ1n) is 4.40. The maximum atomic E-state index is 6.09. The summed E-state index contributed by atoms with van der Waals surface area (Å²) in [6.45, 7) is 0. The zero-order chi connectivity index (χ0) is 12.4. The minimum Gasteiger partial charge on any atom is -0.399 e. The van der Waals surface area contributed by atoms with Crippen LogP contribution >= 0.6 is 58.1 Å². The molecule has 0 aliphatic heterocycles. The van der Waals surface area contributed by atoms with Gasteiger partial charge in [-0.1, -0.05) is 58.1 Å². The van der Waals surface area contributed by atoms with Crippen LogP contribution in [0.15, 0.2) is 25.7 Å². The van der Waals surface area contributed by atoms with E-state index in [4.69, 9.17) is 28.9 Å². The molecule has 0 saturated heterocycles. The van der Waals surface area contributed by atoms with Gasteiger partial charge in [-0.2, -0.15) is 0 Å². The summed E-state index contributed by atoms with van der Waals surface area (Å²) in [6.07, 6.45) is 1.96. The number of nitrogen functional groups attached to an aromatic ring is 1. The standard InChI is InChI=1S/C9H7Cl2N3S3/c1-15-8-13-14-9(17-8)16-7-5(10)2-4(12)3-6(7)11/h2-3H,12H2,1H3. The molecule has 0 atom stereocenters. The van der Waals surface area contributed by atoms with Crippen LogP contribution in [-0.4, -0.2) is 16.5 Å². The Morgan fingerprint density at radius 3 is 2.29 bits per heavy atom. The Balaban J connectivity index is 2.29. The molecule has 2 rings (SSSR count). The second-order valence-electron chi connectivity index (χ2n) is 2.95. The maximum Gasteiger partial charge on any atom is 0.179 e. The molecule has 3 nitrogen and oxygen atoms in total. The lowest BCUT2D eigenvalue weighted by atomic mass is 10.3. The maximum absolute atomic E-state index is 6.09. The third-order valence-corrected chi connectivity index (χ3v) is 5.69. The van der Waals surface area contributed by atoms with Gasteiger partial charge in [0.1, 0.15) is 0 Å². The Bertz CT molecular complexity index is 521. The van der Waals surface area contributed by atoms with E-state index in [0.717, 1.165) is 13.6 Å². The van der Waals surface area contributed by atoms with Gasteiger partial charge in [-0.05, 0) is 18.4 Å². The number of hydrogen-bond donors (Lipinski definition) is 1. The summed E-state index contributed by atoms with van der Waals surface area (Å²) in [6, 6.07) is 3.35. The molecule has 1 aromatic heterocycles. The minimum atomic E-state index is 0.529. The largest absolute Gasteiger partial charge is 0.399 e. The molecular weight excluding hydrogens is 317 g/mol. The lowest BCUT2D eigenvalue weighted by Crippen LogP contribution is -1.86. The first-order valence-corrected chi connectivity index (χ1v) is 8.01. The van der Waals surface area contributed by atoms with Crippen molar-refractivity contribution in [1.29, 1.82) is 0 Å². The average molecular weight is 324 g/mol. The van der Waals surface area contributed by atoms with Crippen molar-refractivity contribution in [2.75, 3.05) is 12.0 Å². The summed E-state index contributed by atoms with van der Waals surface area (Å²) in [5, 5.41) is 9.11. The van der Waals surface area contributed by atoms with Crippen molar-refractivity contribution in [3.63, 3.8) is 0 Å². The summed E-state index contributed by atoms with van der Waals surface area (Å²) < 4.78 is 1.72. The Morgan fingerprint density at radius 1 is 1.18 bits per heavy atom. The Kier molecular flexibility index (Phi) is 4.43. The highest BCUT2D eigenvalue weighted by Crippen LogP contribution is 2.41. The van der Waals surface area contributed by atoms with Gasteiger partial charge in [-0.15, -0.1) is 10.2 Å². The molecule has 0 aliphatic carbocycles. The van der Waals surface area contributed by atoms with Crippen LogP contribution in [-0.2, 0) is 0 Å². The fourth-order valence-electron chi connectivity index (χ4n) is 1.09. The van der Waals surface area contributed by atoms with Gasteiger partial charge in [-0.3, -0.25) is 0 Å². The van der Waals surface area contributed by atoms with Crippen LogP contribution in [0.1, 0.15) is 0 Å². The van der Waals surface area contributed by atoms with Crippen LogP contribution in [0.5, 0.6) is 0 Å². The predicted octanol–water partition coefficient (Wildman–Crippen LogP) is 4.30. The van der Waals surface area contributed by atoms with E-state index in [1.54, 1.807) is 23.9 Å². The van der Waals surface area contributed by atoms with Crippen molar-refractivity contribution in [1.82, 2.24) is 10.2 Å². The number of nitrogens with zero attached hydrogens (tertiary/aromatic N) is 2. The average Bonchev–Trinajstić information content (AvgIpc) is 2.71. The van der Waals surface area contributed by atoms with Gasteiger partial charge in [0, 0.05) is 5.69 Å². The Hall–Kier alpha value is -0.140. The molecule has 0 radical (unpaired) electrons. The Morgan fingerprint density at radius 2 is 1.76 bits per heavy atom. The molecule has 0 saturated carbocycles. The van der Waals surface area contributed by atoms with Crippen molar-refractivity contribution < 1.29 is 0 Å². The van der Waals surface area contributed by atoms with Crippen molar-refractivity contribution >= 4 is 63.7 Å². The van der Waals surface area contributed by atoms with E-state index in [1.807, 2.05) is 6.26 Å². The summed E-state index contributed by atoms with van der Waals surface area (Å²) in [7, 11) is 0. The van der Waals surface area contributed by atoms with Gasteiger partial charge in [0.25, 0.3) is 0 Å². The number of thioether (sulfide) groups is 1. The highest BCUT2D eigenvalue weighted by Gasteiger charge is 2.12. The summed E-state index contributed by atoms with van der Waals surface area (Å²) in [5.74, 6) is 0. The molecule has 1 aromatic carbocycles. The van der Waals surface area contributed by atoms with Crippen LogP contribution in [0.3, 0.4) is 0 Å². The smallest absolute Gasteiger partial charge is 0.179 e. The van der Waals surface area contributed by atoms with Crippen LogP contribution in [0.2, 0.25) is 10.0 Å². The van der Waals surface area contributed by atoms with Gasteiger partial charge in [0.15, 0.2) is 8.68 Å². The number of hydrogen-bond acceptors (Lipinski definition) is 6. The first kappa shape index (κ1) is 13.3. The SMILES string of the molecule is CSc1nnc(Sc2c(Cl)cc(N)cc2Cl)s1. The van der Waals surface area contributed by atoms with Crippen molar-refractivity contribution in [2.45, 2.75) is 13.6 Å². The molecule has 90 valence electrons. The van der Waals surface area contributed by atoms with Crippen LogP contribution < -0.4 is 5.73 Å². The number of rotatable bonds is 3. The van der Waals surface area contributed by atoms with Crippen molar-refractivity contribution in [2.24, 2.45) is 0 Å².